The quantitative estimate of drug-likeness (QED) is 0.732. The van der Waals surface area contributed by atoms with Crippen LogP contribution in [0.2, 0.25) is 0 Å². The molecule has 1 aromatic rings. The van der Waals surface area contributed by atoms with Crippen molar-refractivity contribution in [2.75, 3.05) is 11.5 Å². The first-order valence-corrected chi connectivity index (χ1v) is 6.33. The highest BCUT2D eigenvalue weighted by Gasteiger charge is 2.01. The van der Waals surface area contributed by atoms with Crippen molar-refractivity contribution in [3.05, 3.63) is 30.3 Å². The van der Waals surface area contributed by atoms with Gasteiger partial charge in [-0.3, -0.25) is 0 Å². The summed E-state index contributed by atoms with van der Waals surface area (Å²) in [5.74, 6) is 1.25. The van der Waals surface area contributed by atoms with Gasteiger partial charge in [-0.15, -0.1) is 0 Å². The van der Waals surface area contributed by atoms with Crippen molar-refractivity contribution in [3.8, 4) is 0 Å². The second-order valence-electron chi connectivity index (χ2n) is 2.78. The van der Waals surface area contributed by atoms with Gasteiger partial charge in [0.25, 0.3) is 0 Å². The molecule has 0 aromatic heterocycles. The largest absolute Gasteiger partial charge is 0.249 e. The lowest BCUT2D eigenvalue weighted by atomic mass is 10.3. The van der Waals surface area contributed by atoms with E-state index in [4.69, 9.17) is 0 Å². The van der Waals surface area contributed by atoms with Crippen molar-refractivity contribution in [2.24, 2.45) is 4.36 Å². The van der Waals surface area contributed by atoms with Crippen LogP contribution < -0.4 is 0 Å². The molecule has 0 fully saturated rings. The summed E-state index contributed by atoms with van der Waals surface area (Å²) in [6.45, 7) is 3.83. The molecule has 3 heteroatoms. The fraction of sp³-hybridized carbons (Fsp3) is 0.400. The van der Waals surface area contributed by atoms with Gasteiger partial charge in [-0.1, -0.05) is 32.0 Å². The third-order valence-electron chi connectivity index (χ3n) is 1.93. The average Bonchev–Trinajstić information content (AvgIpc) is 2.19. The van der Waals surface area contributed by atoms with Crippen LogP contribution >= 0.6 is 0 Å². The molecule has 0 atom stereocenters. The minimum Gasteiger partial charge on any atom is -0.249 e. The molecule has 0 bridgehead atoms. The molecule has 0 N–H and O–H groups in total. The van der Waals surface area contributed by atoms with Crippen molar-refractivity contribution < 1.29 is 4.21 Å². The lowest BCUT2D eigenvalue weighted by Crippen LogP contribution is -2.04. The Bertz CT molecular complexity index is 354. The van der Waals surface area contributed by atoms with Gasteiger partial charge in [-0.05, 0) is 12.1 Å². The van der Waals surface area contributed by atoms with E-state index in [1.807, 2.05) is 44.2 Å². The fourth-order valence-electron chi connectivity index (χ4n) is 1.01. The first kappa shape index (κ1) is 10.3. The Morgan fingerprint density at radius 2 is 1.69 bits per heavy atom. The Hall–Kier alpha value is -0.830. The SMILES string of the molecule is CCS(=O)(CC)=Nc1ccccc1. The number of rotatable bonds is 3. The summed E-state index contributed by atoms with van der Waals surface area (Å²) in [5.41, 5.74) is 0.816. The van der Waals surface area contributed by atoms with Crippen LogP contribution in [0.3, 0.4) is 0 Å². The molecule has 1 aromatic carbocycles. The summed E-state index contributed by atoms with van der Waals surface area (Å²) >= 11 is 0. The summed E-state index contributed by atoms with van der Waals surface area (Å²) in [6, 6.07) is 9.50. The van der Waals surface area contributed by atoms with Gasteiger partial charge in [0.2, 0.25) is 0 Å². The molecule has 0 unspecified atom stereocenters. The van der Waals surface area contributed by atoms with Crippen LogP contribution in [-0.4, -0.2) is 15.7 Å². The zero-order valence-electron chi connectivity index (χ0n) is 8.06. The molecule has 0 saturated carbocycles. The van der Waals surface area contributed by atoms with E-state index in [0.717, 1.165) is 5.69 Å². The standard InChI is InChI=1S/C10H15NOS/c1-3-13(12,4-2)11-10-8-6-5-7-9-10/h5-9H,3-4H2,1-2H3. The summed E-state index contributed by atoms with van der Waals surface area (Å²) in [4.78, 5) is 0. The number of hydrogen-bond donors (Lipinski definition) is 0. The van der Waals surface area contributed by atoms with Crippen LogP contribution in [-0.2, 0) is 9.73 Å². The van der Waals surface area contributed by atoms with Gasteiger partial charge in [0.15, 0.2) is 0 Å². The molecular weight excluding hydrogens is 182 g/mol. The molecule has 13 heavy (non-hydrogen) atoms. The van der Waals surface area contributed by atoms with E-state index in [1.54, 1.807) is 0 Å². The lowest BCUT2D eigenvalue weighted by Gasteiger charge is -2.03. The van der Waals surface area contributed by atoms with Crippen LogP contribution in [0.1, 0.15) is 13.8 Å². The molecule has 0 radical (unpaired) electrons. The Balaban J connectivity index is 3.07. The van der Waals surface area contributed by atoms with Crippen LogP contribution in [0, 0.1) is 0 Å². The van der Waals surface area contributed by atoms with Crippen molar-refractivity contribution in [1.29, 1.82) is 0 Å². The minimum absolute atomic E-state index is 0.623. The normalized spacial score (nSPS) is 11.2. The molecule has 0 heterocycles. The van der Waals surface area contributed by atoms with Crippen molar-refractivity contribution >= 4 is 15.4 Å². The summed E-state index contributed by atoms with van der Waals surface area (Å²) in [5, 5.41) is 0. The van der Waals surface area contributed by atoms with Crippen LogP contribution in [0.5, 0.6) is 0 Å². The monoisotopic (exact) mass is 197 g/mol. The van der Waals surface area contributed by atoms with Gasteiger partial charge in [0.1, 0.15) is 0 Å². The fourth-order valence-corrected chi connectivity index (χ4v) is 2.19. The molecule has 1 rings (SSSR count). The summed E-state index contributed by atoms with van der Waals surface area (Å²) in [7, 11) is -1.99. The highest BCUT2D eigenvalue weighted by atomic mass is 32.2. The molecule has 72 valence electrons. The van der Waals surface area contributed by atoms with E-state index < -0.39 is 9.73 Å². The molecule has 0 aliphatic rings. The Morgan fingerprint density at radius 1 is 1.15 bits per heavy atom. The maximum Gasteiger partial charge on any atom is 0.0730 e. The molecule has 0 amide bonds. The highest BCUT2D eigenvalue weighted by molar-refractivity contribution is 7.93. The van der Waals surface area contributed by atoms with Crippen molar-refractivity contribution in [1.82, 2.24) is 0 Å². The number of benzene rings is 1. The van der Waals surface area contributed by atoms with Gasteiger partial charge in [0, 0.05) is 11.5 Å². The smallest absolute Gasteiger partial charge is 0.0730 e. The highest BCUT2D eigenvalue weighted by Crippen LogP contribution is 2.13. The van der Waals surface area contributed by atoms with Gasteiger partial charge < -0.3 is 0 Å². The van der Waals surface area contributed by atoms with E-state index in [0.29, 0.717) is 11.5 Å². The van der Waals surface area contributed by atoms with Crippen LogP contribution in [0.4, 0.5) is 5.69 Å². The molecule has 0 aliphatic heterocycles. The van der Waals surface area contributed by atoms with E-state index in [-0.39, 0.29) is 0 Å². The molecule has 0 saturated heterocycles. The molecule has 0 aliphatic carbocycles. The zero-order chi connectivity index (χ0) is 9.73. The first-order valence-electron chi connectivity index (χ1n) is 4.48. The Labute approximate surface area is 80.2 Å². The predicted octanol–water partition coefficient (Wildman–Crippen LogP) is 2.83. The van der Waals surface area contributed by atoms with E-state index in [1.165, 1.54) is 0 Å². The van der Waals surface area contributed by atoms with Crippen LogP contribution in [0.25, 0.3) is 0 Å². The predicted molar refractivity (Wildman–Crippen MR) is 57.8 cm³/mol. The van der Waals surface area contributed by atoms with Crippen molar-refractivity contribution in [3.63, 3.8) is 0 Å². The van der Waals surface area contributed by atoms with E-state index in [9.17, 15) is 4.21 Å². The van der Waals surface area contributed by atoms with E-state index >= 15 is 0 Å². The zero-order valence-corrected chi connectivity index (χ0v) is 8.88. The van der Waals surface area contributed by atoms with E-state index in [2.05, 4.69) is 4.36 Å². The van der Waals surface area contributed by atoms with Gasteiger partial charge in [0.05, 0.1) is 15.4 Å². The van der Waals surface area contributed by atoms with Crippen LogP contribution in [0.15, 0.2) is 34.7 Å². The third-order valence-corrected chi connectivity index (χ3v) is 4.28. The second-order valence-corrected chi connectivity index (χ2v) is 5.66. The maximum absolute atomic E-state index is 11.9. The number of nitrogens with zero attached hydrogens (tertiary/aromatic N) is 1. The molecule has 0 spiro atoms. The second kappa shape index (κ2) is 4.42. The van der Waals surface area contributed by atoms with Gasteiger partial charge in [-0.25, -0.2) is 4.21 Å². The molecule has 2 nitrogen and oxygen atoms in total. The topological polar surface area (TPSA) is 29.4 Å². The number of hydrogen-bond acceptors (Lipinski definition) is 2. The summed E-state index contributed by atoms with van der Waals surface area (Å²) in [6.07, 6.45) is 0. The van der Waals surface area contributed by atoms with Crippen molar-refractivity contribution in [2.45, 2.75) is 13.8 Å². The minimum atomic E-state index is -1.99. The van der Waals surface area contributed by atoms with Gasteiger partial charge in [-0.2, -0.15) is 4.36 Å². The first-order chi connectivity index (χ1) is 6.20. The third kappa shape index (κ3) is 2.84. The maximum atomic E-state index is 11.9. The Morgan fingerprint density at radius 3 is 2.15 bits per heavy atom. The molecular formula is C10H15NOS. The van der Waals surface area contributed by atoms with Gasteiger partial charge >= 0.3 is 0 Å². The lowest BCUT2D eigenvalue weighted by molar-refractivity contribution is 0.678. The Kier molecular flexibility index (Phi) is 3.48. The summed E-state index contributed by atoms with van der Waals surface area (Å²) < 4.78 is 16.2. The average molecular weight is 197 g/mol.